The Kier molecular flexibility index (Phi) is 11.2. The van der Waals surface area contributed by atoms with Gasteiger partial charge in [0.05, 0.1) is 53.9 Å². The highest BCUT2D eigenvalue weighted by atomic mass is 16.5. The largest absolute Gasteiger partial charge is 0.496 e. The molecule has 0 aliphatic carbocycles. The second-order valence-electron chi connectivity index (χ2n) is 12.3. The first kappa shape index (κ1) is 34.0. The molecule has 0 radical (unpaired) electrons. The maximum atomic E-state index is 6.76. The summed E-state index contributed by atoms with van der Waals surface area (Å²) in [6.07, 6.45) is 1.39. The molecule has 0 spiro atoms. The van der Waals surface area contributed by atoms with Crippen molar-refractivity contribution in [1.29, 1.82) is 0 Å². The Morgan fingerprint density at radius 3 is 1.23 bits per heavy atom. The van der Waals surface area contributed by atoms with Crippen molar-refractivity contribution in [2.75, 3.05) is 41.7 Å². The van der Waals surface area contributed by atoms with Gasteiger partial charge in [0.1, 0.15) is 11.5 Å². The van der Waals surface area contributed by atoms with Gasteiger partial charge in [-0.1, -0.05) is 50.2 Å². The van der Waals surface area contributed by atoms with Gasteiger partial charge in [0.25, 0.3) is 0 Å². The van der Waals surface area contributed by atoms with E-state index in [1.807, 2.05) is 36.4 Å². The van der Waals surface area contributed by atoms with E-state index in [0.717, 1.165) is 58.1 Å². The van der Waals surface area contributed by atoms with Crippen LogP contribution in [0.25, 0.3) is 0 Å². The van der Waals surface area contributed by atoms with E-state index in [2.05, 4.69) is 64.1 Å². The predicted octanol–water partition coefficient (Wildman–Crippen LogP) is 8.67. The van der Waals surface area contributed by atoms with Crippen LogP contribution in [0, 0.1) is 25.7 Å². The molecule has 4 aromatic carbocycles. The minimum atomic E-state index is -0.0879. The van der Waals surface area contributed by atoms with Crippen molar-refractivity contribution in [3.05, 3.63) is 106 Å². The highest BCUT2D eigenvalue weighted by Crippen LogP contribution is 2.50. The Labute approximate surface area is 279 Å². The standard InChI is InChI=1S/C40H48O7/c1-25-21-29(9-13-33(25)41-5)17-19-45-35-15-11-31(23-37(35)43-7)39-27(3)28(4)40(47-39)32-12-16-36(38(24-32)44-8)46-20-18-30-10-14-34(42-6)26(2)22-30/h9-16,21-24,27-28,39-40H,17-20H2,1-8H3/t27-,28-,39?,40?/m1/s1. The third-order valence-electron chi connectivity index (χ3n) is 9.33. The molecule has 1 saturated heterocycles. The van der Waals surface area contributed by atoms with Crippen LogP contribution in [0.1, 0.15) is 59.4 Å². The first-order valence-corrected chi connectivity index (χ1v) is 16.3. The summed E-state index contributed by atoms with van der Waals surface area (Å²) in [5.41, 5.74) is 6.77. The van der Waals surface area contributed by atoms with E-state index >= 15 is 0 Å². The molecule has 4 atom stereocenters. The number of ether oxygens (including phenoxy) is 7. The summed E-state index contributed by atoms with van der Waals surface area (Å²) in [5, 5.41) is 0. The highest BCUT2D eigenvalue weighted by molar-refractivity contribution is 5.46. The van der Waals surface area contributed by atoms with Crippen LogP contribution >= 0.6 is 0 Å². The molecular formula is C40H48O7. The molecule has 1 aliphatic heterocycles. The van der Waals surface area contributed by atoms with Gasteiger partial charge in [-0.2, -0.15) is 0 Å². The summed E-state index contributed by atoms with van der Waals surface area (Å²) in [5.74, 6) is 5.20. The third-order valence-corrected chi connectivity index (χ3v) is 9.33. The molecule has 0 saturated carbocycles. The van der Waals surface area contributed by atoms with E-state index < -0.39 is 0 Å². The monoisotopic (exact) mass is 640 g/mol. The van der Waals surface area contributed by atoms with Crippen molar-refractivity contribution in [2.45, 2.75) is 52.7 Å². The number of hydrogen-bond acceptors (Lipinski definition) is 7. The highest BCUT2D eigenvalue weighted by Gasteiger charge is 2.41. The van der Waals surface area contributed by atoms with Crippen molar-refractivity contribution in [3.63, 3.8) is 0 Å². The fourth-order valence-electron chi connectivity index (χ4n) is 6.43. The molecule has 2 unspecified atom stereocenters. The van der Waals surface area contributed by atoms with Crippen LogP contribution in [0.3, 0.4) is 0 Å². The molecule has 1 aliphatic rings. The Balaban J connectivity index is 1.22. The van der Waals surface area contributed by atoms with Gasteiger partial charge in [-0.3, -0.25) is 0 Å². The average molecular weight is 641 g/mol. The number of rotatable bonds is 14. The number of benzene rings is 4. The topological polar surface area (TPSA) is 64.6 Å². The van der Waals surface area contributed by atoms with Gasteiger partial charge in [0.15, 0.2) is 23.0 Å². The van der Waals surface area contributed by atoms with Crippen LogP contribution in [-0.2, 0) is 17.6 Å². The fraction of sp³-hybridized carbons (Fsp3) is 0.400. The Morgan fingerprint density at radius 1 is 0.489 bits per heavy atom. The lowest BCUT2D eigenvalue weighted by atomic mass is 9.85. The number of aryl methyl sites for hydroxylation is 2. The van der Waals surface area contributed by atoms with Crippen LogP contribution in [0.2, 0.25) is 0 Å². The molecule has 1 heterocycles. The van der Waals surface area contributed by atoms with Gasteiger partial charge in [0, 0.05) is 12.8 Å². The minimum Gasteiger partial charge on any atom is -0.496 e. The van der Waals surface area contributed by atoms with Gasteiger partial charge >= 0.3 is 0 Å². The van der Waals surface area contributed by atoms with E-state index in [1.165, 1.54) is 11.1 Å². The minimum absolute atomic E-state index is 0.0879. The lowest BCUT2D eigenvalue weighted by Gasteiger charge is -2.19. The quantitative estimate of drug-likeness (QED) is 0.137. The molecule has 1 fully saturated rings. The molecule has 0 amide bonds. The normalized spacial score (nSPS) is 18.9. The zero-order valence-electron chi connectivity index (χ0n) is 28.9. The summed E-state index contributed by atoms with van der Waals surface area (Å²) in [6, 6.07) is 24.7. The zero-order chi connectivity index (χ0) is 33.5. The molecule has 7 heteroatoms. The molecule has 0 aromatic heterocycles. The van der Waals surface area contributed by atoms with Crippen molar-refractivity contribution in [2.24, 2.45) is 11.8 Å². The summed E-state index contributed by atoms with van der Waals surface area (Å²) in [6.45, 7) is 9.68. The van der Waals surface area contributed by atoms with Crippen LogP contribution in [0.5, 0.6) is 34.5 Å². The van der Waals surface area contributed by atoms with Crippen molar-refractivity contribution in [3.8, 4) is 34.5 Å². The van der Waals surface area contributed by atoms with E-state index in [9.17, 15) is 0 Å². The maximum absolute atomic E-state index is 6.76. The van der Waals surface area contributed by atoms with E-state index in [0.29, 0.717) is 24.7 Å². The first-order valence-electron chi connectivity index (χ1n) is 16.3. The summed E-state index contributed by atoms with van der Waals surface area (Å²) >= 11 is 0. The van der Waals surface area contributed by atoms with E-state index in [4.69, 9.17) is 33.2 Å². The van der Waals surface area contributed by atoms with Gasteiger partial charge in [-0.25, -0.2) is 0 Å². The molecule has 47 heavy (non-hydrogen) atoms. The molecule has 4 aromatic rings. The molecular weight excluding hydrogens is 592 g/mol. The lowest BCUT2D eigenvalue weighted by Crippen LogP contribution is -2.10. The summed E-state index contributed by atoms with van der Waals surface area (Å²) < 4.78 is 41.4. The zero-order valence-corrected chi connectivity index (χ0v) is 28.9. The first-order chi connectivity index (χ1) is 22.8. The number of methoxy groups -OCH3 is 4. The molecule has 7 nitrogen and oxygen atoms in total. The predicted molar refractivity (Wildman–Crippen MR) is 185 cm³/mol. The second-order valence-corrected chi connectivity index (χ2v) is 12.3. The van der Waals surface area contributed by atoms with Gasteiger partial charge < -0.3 is 33.2 Å². The van der Waals surface area contributed by atoms with Crippen molar-refractivity contribution >= 4 is 0 Å². The molecule has 250 valence electrons. The Bertz CT molecular complexity index is 1530. The average Bonchev–Trinajstić information content (AvgIpc) is 3.38. The van der Waals surface area contributed by atoms with E-state index in [1.54, 1.807) is 28.4 Å². The lowest BCUT2D eigenvalue weighted by molar-refractivity contribution is 0.0287. The van der Waals surface area contributed by atoms with Gasteiger partial charge in [-0.05, 0) is 95.5 Å². The summed E-state index contributed by atoms with van der Waals surface area (Å²) in [7, 11) is 6.74. The van der Waals surface area contributed by atoms with Crippen LogP contribution in [-0.4, -0.2) is 41.7 Å². The number of hydrogen-bond donors (Lipinski definition) is 0. The maximum Gasteiger partial charge on any atom is 0.161 e. The molecule has 0 bridgehead atoms. The van der Waals surface area contributed by atoms with Gasteiger partial charge in [-0.15, -0.1) is 0 Å². The molecule has 5 rings (SSSR count). The summed E-state index contributed by atoms with van der Waals surface area (Å²) in [4.78, 5) is 0. The third kappa shape index (κ3) is 7.79. The Hall–Kier alpha value is -4.36. The van der Waals surface area contributed by atoms with Gasteiger partial charge in [0.2, 0.25) is 0 Å². The van der Waals surface area contributed by atoms with Crippen LogP contribution < -0.4 is 28.4 Å². The van der Waals surface area contributed by atoms with Crippen molar-refractivity contribution < 1.29 is 33.2 Å². The second kappa shape index (κ2) is 15.5. The fourth-order valence-corrected chi connectivity index (χ4v) is 6.43. The van der Waals surface area contributed by atoms with E-state index in [-0.39, 0.29) is 24.0 Å². The SMILES string of the molecule is COc1ccc(CCOc2ccc(C3OC(c4ccc(OCCc5ccc(OC)c(C)c5)c(OC)c4)[C@H](C)[C@H]3C)cc2OC)cc1C. The smallest absolute Gasteiger partial charge is 0.161 e. The van der Waals surface area contributed by atoms with Crippen LogP contribution in [0.15, 0.2) is 72.8 Å². The van der Waals surface area contributed by atoms with Crippen molar-refractivity contribution in [1.82, 2.24) is 0 Å². The van der Waals surface area contributed by atoms with Crippen LogP contribution in [0.4, 0.5) is 0 Å². The molecule has 0 N–H and O–H groups in total. The Morgan fingerprint density at radius 2 is 0.872 bits per heavy atom.